The summed E-state index contributed by atoms with van der Waals surface area (Å²) in [5.74, 6) is 0.378. The lowest BCUT2D eigenvalue weighted by molar-refractivity contribution is -0.684. The van der Waals surface area contributed by atoms with Crippen LogP contribution in [0.5, 0.6) is 5.75 Å². The normalized spacial score (nSPS) is 12.0. The lowest BCUT2D eigenvalue weighted by Crippen LogP contribution is -3.00. The van der Waals surface area contributed by atoms with Gasteiger partial charge in [0.2, 0.25) is 17.8 Å². The van der Waals surface area contributed by atoms with Gasteiger partial charge in [-0.05, 0) is 23.0 Å². The molecule has 0 bridgehead atoms. The molecule has 0 unspecified atom stereocenters. The number of halogens is 1. The summed E-state index contributed by atoms with van der Waals surface area (Å²) in [6, 6.07) is 3.71. The fraction of sp³-hybridized carbons (Fsp3) is 0.500. The zero-order valence-electron chi connectivity index (χ0n) is 16.1. The van der Waals surface area contributed by atoms with Gasteiger partial charge < -0.3 is 22.1 Å². The first-order valence-electron chi connectivity index (χ1n) is 8.24. The molecule has 1 N–H and O–H groups in total. The Morgan fingerprint density at radius 3 is 1.92 bits per heavy atom. The van der Waals surface area contributed by atoms with Gasteiger partial charge in [0.1, 0.15) is 5.75 Å². The van der Waals surface area contributed by atoms with Crippen molar-refractivity contribution in [1.29, 1.82) is 0 Å². The molecule has 0 saturated carbocycles. The van der Waals surface area contributed by atoms with Gasteiger partial charge in [0.05, 0.1) is 5.38 Å². The first-order valence-corrected chi connectivity index (χ1v) is 9.19. The van der Waals surface area contributed by atoms with Crippen LogP contribution in [0.1, 0.15) is 68.7 Å². The van der Waals surface area contributed by atoms with Crippen LogP contribution in [0.2, 0.25) is 0 Å². The molecule has 1 aromatic carbocycles. The van der Waals surface area contributed by atoms with Crippen LogP contribution >= 0.6 is 11.3 Å². The highest BCUT2D eigenvalue weighted by atomic mass is 79.9. The maximum absolute atomic E-state index is 12.8. The molecule has 0 aliphatic rings. The van der Waals surface area contributed by atoms with Crippen LogP contribution in [0.25, 0.3) is 0 Å². The lowest BCUT2D eigenvalue weighted by Gasteiger charge is -2.27. The van der Waals surface area contributed by atoms with Crippen molar-refractivity contribution in [2.75, 3.05) is 0 Å². The quantitative estimate of drug-likeness (QED) is 0.598. The minimum Gasteiger partial charge on any atom is -1.00 e. The number of phenols is 1. The Bertz CT molecular complexity index is 732. The van der Waals surface area contributed by atoms with Crippen molar-refractivity contribution >= 4 is 17.1 Å². The van der Waals surface area contributed by atoms with Crippen LogP contribution in [-0.2, 0) is 17.4 Å². The molecule has 0 radical (unpaired) electrons. The summed E-state index contributed by atoms with van der Waals surface area (Å²) in [6.07, 6.45) is 0. The van der Waals surface area contributed by atoms with Gasteiger partial charge in [0, 0.05) is 23.6 Å². The van der Waals surface area contributed by atoms with E-state index in [-0.39, 0.29) is 33.6 Å². The molecular weight excluding hydrogens is 398 g/mol. The number of carbonyl (C=O) groups is 1. The van der Waals surface area contributed by atoms with E-state index in [4.69, 9.17) is 0 Å². The molecule has 25 heavy (non-hydrogen) atoms. The second-order valence-electron chi connectivity index (χ2n) is 8.47. The largest absolute Gasteiger partial charge is 1.00 e. The van der Waals surface area contributed by atoms with Gasteiger partial charge in [-0.1, -0.05) is 52.9 Å². The molecule has 0 aliphatic carbocycles. The number of aryl methyl sites for hydroxylation is 1. The third-order valence-corrected chi connectivity index (χ3v) is 5.09. The van der Waals surface area contributed by atoms with Crippen molar-refractivity contribution in [3.63, 3.8) is 0 Å². The molecule has 0 spiro atoms. The van der Waals surface area contributed by atoms with Crippen molar-refractivity contribution in [1.82, 2.24) is 0 Å². The standard InChI is InChI=1S/C20H27NO2S.BrH/c1-13-11-24-12-21(13)10-17(22)14-8-15(19(2,3)4)18(23)16(9-14)20(5,6)7;/h8-9,11-12H,10H2,1-7H3;1H. The minimum atomic E-state index is -0.230. The van der Waals surface area contributed by atoms with E-state index in [1.165, 1.54) is 0 Å². The number of phenolic OH excluding ortho intramolecular Hbond substituents is 1. The summed E-state index contributed by atoms with van der Waals surface area (Å²) < 4.78 is 1.97. The van der Waals surface area contributed by atoms with E-state index in [0.29, 0.717) is 17.9 Å². The number of benzene rings is 1. The number of hydrogen-bond acceptors (Lipinski definition) is 3. The number of carbonyl (C=O) groups excluding carboxylic acids is 1. The molecule has 0 atom stereocenters. The number of thiazole rings is 1. The maximum atomic E-state index is 12.8. The predicted octanol–water partition coefficient (Wildman–Crippen LogP) is 1.53. The average molecular weight is 426 g/mol. The topological polar surface area (TPSA) is 41.2 Å². The van der Waals surface area contributed by atoms with E-state index in [1.54, 1.807) is 11.3 Å². The predicted molar refractivity (Wildman–Crippen MR) is 99.1 cm³/mol. The van der Waals surface area contributed by atoms with Gasteiger partial charge in [-0.15, -0.1) is 0 Å². The first kappa shape index (κ1) is 21.8. The third kappa shape index (κ3) is 4.91. The SMILES string of the molecule is Cc1csc[n+]1CC(=O)c1cc(C(C)(C)C)c(O)c(C(C)(C)C)c1.[Br-]. The van der Waals surface area contributed by atoms with Gasteiger partial charge in [0.15, 0.2) is 5.69 Å². The van der Waals surface area contributed by atoms with E-state index < -0.39 is 0 Å². The Balaban J connectivity index is 0.00000312. The van der Waals surface area contributed by atoms with Crippen LogP contribution in [0.4, 0.5) is 0 Å². The van der Waals surface area contributed by atoms with E-state index in [2.05, 4.69) is 41.5 Å². The van der Waals surface area contributed by atoms with Crippen molar-refractivity contribution in [2.24, 2.45) is 0 Å². The maximum Gasteiger partial charge on any atom is 0.227 e. The molecule has 0 fully saturated rings. The number of rotatable bonds is 3. The summed E-state index contributed by atoms with van der Waals surface area (Å²) in [6.45, 7) is 14.7. The fourth-order valence-electron chi connectivity index (χ4n) is 2.70. The van der Waals surface area contributed by atoms with Crippen LogP contribution < -0.4 is 21.5 Å². The second kappa shape index (κ2) is 7.58. The van der Waals surface area contributed by atoms with E-state index in [1.807, 2.05) is 34.5 Å². The Hall–Kier alpha value is -1.20. The molecule has 2 rings (SSSR count). The molecule has 0 saturated heterocycles. The Kier molecular flexibility index (Phi) is 6.63. The molecule has 1 heterocycles. The summed E-state index contributed by atoms with van der Waals surface area (Å²) in [5, 5.41) is 12.8. The Morgan fingerprint density at radius 2 is 1.56 bits per heavy atom. The van der Waals surface area contributed by atoms with Crippen LogP contribution in [0.3, 0.4) is 0 Å². The third-order valence-electron chi connectivity index (χ3n) is 4.24. The van der Waals surface area contributed by atoms with Gasteiger partial charge in [-0.25, -0.2) is 0 Å². The van der Waals surface area contributed by atoms with Crippen LogP contribution in [-0.4, -0.2) is 10.9 Å². The zero-order chi connectivity index (χ0) is 18.3. The number of nitrogens with zero attached hydrogens (tertiary/aromatic N) is 1. The summed E-state index contributed by atoms with van der Waals surface area (Å²) in [5.41, 5.74) is 4.90. The van der Waals surface area contributed by atoms with E-state index in [9.17, 15) is 9.90 Å². The zero-order valence-corrected chi connectivity index (χ0v) is 18.5. The molecule has 2 aromatic rings. The van der Waals surface area contributed by atoms with E-state index >= 15 is 0 Å². The highest BCUT2D eigenvalue weighted by Crippen LogP contribution is 2.39. The van der Waals surface area contributed by atoms with Gasteiger partial charge >= 0.3 is 0 Å². The highest BCUT2D eigenvalue weighted by molar-refractivity contribution is 7.07. The molecule has 0 aliphatic heterocycles. The highest BCUT2D eigenvalue weighted by Gasteiger charge is 2.28. The number of aromatic nitrogens is 1. The van der Waals surface area contributed by atoms with Crippen molar-refractivity contribution in [3.05, 3.63) is 45.4 Å². The molecule has 5 heteroatoms. The number of ketones is 1. The molecule has 3 nitrogen and oxygen atoms in total. The molecule has 0 amide bonds. The monoisotopic (exact) mass is 425 g/mol. The molecule has 138 valence electrons. The Morgan fingerprint density at radius 1 is 1.08 bits per heavy atom. The lowest BCUT2D eigenvalue weighted by atomic mass is 9.78. The summed E-state index contributed by atoms with van der Waals surface area (Å²) >= 11 is 1.59. The second-order valence-corrected chi connectivity index (χ2v) is 9.19. The minimum absolute atomic E-state index is 0. The van der Waals surface area contributed by atoms with Gasteiger partial charge in [0.25, 0.3) is 0 Å². The number of aromatic hydroxyl groups is 1. The van der Waals surface area contributed by atoms with Gasteiger partial charge in [-0.2, -0.15) is 4.57 Å². The van der Waals surface area contributed by atoms with Crippen LogP contribution in [0, 0.1) is 6.92 Å². The smallest absolute Gasteiger partial charge is 0.227 e. The summed E-state index contributed by atoms with van der Waals surface area (Å²) in [4.78, 5) is 12.8. The number of hydrogen-bond donors (Lipinski definition) is 1. The van der Waals surface area contributed by atoms with Gasteiger partial charge in [-0.3, -0.25) is 4.79 Å². The fourth-order valence-corrected chi connectivity index (χ4v) is 3.48. The van der Waals surface area contributed by atoms with Crippen molar-refractivity contribution in [2.45, 2.75) is 65.8 Å². The molecule has 1 aromatic heterocycles. The Labute approximate surface area is 165 Å². The average Bonchev–Trinajstić information content (AvgIpc) is 2.81. The van der Waals surface area contributed by atoms with Crippen molar-refractivity contribution < 1.29 is 31.4 Å². The molecular formula is C20H28BrNO2S. The van der Waals surface area contributed by atoms with Crippen molar-refractivity contribution in [3.8, 4) is 5.75 Å². The first-order chi connectivity index (χ1) is 10.9. The summed E-state index contributed by atoms with van der Waals surface area (Å²) in [7, 11) is 0. The van der Waals surface area contributed by atoms with Crippen LogP contribution in [0.15, 0.2) is 23.0 Å². The van der Waals surface area contributed by atoms with E-state index in [0.717, 1.165) is 16.8 Å². The number of Topliss-reactive ketones (excluding diaryl/α,β-unsaturated/α-hetero) is 1.